The molecule has 0 radical (unpaired) electrons. The smallest absolute Gasteiger partial charge is 0.213 e. The summed E-state index contributed by atoms with van der Waals surface area (Å²) in [6.07, 6.45) is 8.09. The summed E-state index contributed by atoms with van der Waals surface area (Å²) in [5.74, 6) is -1.46. The average molecular weight is 367 g/mol. The molecule has 0 bridgehead atoms. The van der Waals surface area contributed by atoms with Crippen LogP contribution < -0.4 is 5.32 Å². The Hall–Kier alpha value is -2.82. The van der Waals surface area contributed by atoms with Crippen molar-refractivity contribution in [2.75, 3.05) is 6.54 Å². The van der Waals surface area contributed by atoms with Gasteiger partial charge in [-0.25, -0.2) is 0 Å². The Morgan fingerprint density at radius 2 is 1.52 bits per heavy atom. The average Bonchev–Trinajstić information content (AvgIpc) is 2.67. The summed E-state index contributed by atoms with van der Waals surface area (Å²) in [6.45, 7) is 2.78. The molecule has 0 aromatic heterocycles. The zero-order valence-corrected chi connectivity index (χ0v) is 15.5. The van der Waals surface area contributed by atoms with Gasteiger partial charge < -0.3 is 15.5 Å². The molecule has 1 aromatic carbocycles. The highest BCUT2D eigenvalue weighted by Gasteiger charge is 2.38. The number of Topliss-reactive ketones (excluding diaryl/α,β-unsaturated/α-hetero) is 2. The van der Waals surface area contributed by atoms with E-state index in [9.17, 15) is 19.8 Å². The predicted molar refractivity (Wildman–Crippen MR) is 104 cm³/mol. The minimum Gasteiger partial charge on any atom is -0.507 e. The molecule has 0 saturated carbocycles. The van der Waals surface area contributed by atoms with Gasteiger partial charge in [-0.2, -0.15) is 0 Å². The maximum atomic E-state index is 12.8. The van der Waals surface area contributed by atoms with Crippen LogP contribution in [0, 0.1) is 0 Å². The van der Waals surface area contributed by atoms with Gasteiger partial charge in [-0.3, -0.25) is 9.59 Å². The zero-order chi connectivity index (χ0) is 19.4. The Kier molecular flexibility index (Phi) is 5.79. The molecule has 3 N–H and O–H groups in total. The van der Waals surface area contributed by atoms with Gasteiger partial charge in [-0.15, -0.1) is 0 Å². The van der Waals surface area contributed by atoms with Crippen LogP contribution in [-0.4, -0.2) is 28.3 Å². The van der Waals surface area contributed by atoms with Crippen LogP contribution in [0.4, 0.5) is 0 Å². The molecule has 0 unspecified atom stereocenters. The molecule has 1 aromatic rings. The van der Waals surface area contributed by atoms with E-state index in [0.29, 0.717) is 12.1 Å². The number of allylic oxidation sites excluding steroid dienone is 3. The third-order valence-electron chi connectivity index (χ3n) is 5.00. The first-order valence-electron chi connectivity index (χ1n) is 9.57. The monoisotopic (exact) mass is 367 g/mol. The summed E-state index contributed by atoms with van der Waals surface area (Å²) in [7, 11) is 0. The van der Waals surface area contributed by atoms with E-state index in [0.717, 1.165) is 19.3 Å². The van der Waals surface area contributed by atoms with Crippen molar-refractivity contribution in [2.24, 2.45) is 0 Å². The number of unbranched alkanes of at least 4 members (excludes halogenated alkanes) is 5. The van der Waals surface area contributed by atoms with Crippen LogP contribution in [-0.2, 0) is 4.79 Å². The van der Waals surface area contributed by atoms with E-state index < -0.39 is 11.6 Å². The lowest BCUT2D eigenvalue weighted by molar-refractivity contribution is -0.112. The van der Waals surface area contributed by atoms with E-state index in [-0.39, 0.29) is 33.9 Å². The minimum absolute atomic E-state index is 0.121. The lowest BCUT2D eigenvalue weighted by Gasteiger charge is -2.25. The fraction of sp³-hybridized carbons (Fsp3) is 0.364. The largest absolute Gasteiger partial charge is 0.507 e. The fourth-order valence-corrected chi connectivity index (χ4v) is 3.52. The van der Waals surface area contributed by atoms with E-state index in [4.69, 9.17) is 0 Å². The molecule has 0 saturated heterocycles. The van der Waals surface area contributed by atoms with Crippen LogP contribution in [0.5, 0.6) is 0 Å². The van der Waals surface area contributed by atoms with Crippen molar-refractivity contribution in [1.82, 2.24) is 5.32 Å². The predicted octanol–water partition coefficient (Wildman–Crippen LogP) is 4.38. The number of nitrogens with one attached hydrogen (secondary N) is 1. The summed E-state index contributed by atoms with van der Waals surface area (Å²) >= 11 is 0. The molecule has 0 aliphatic heterocycles. The van der Waals surface area contributed by atoms with Gasteiger partial charge in [0.2, 0.25) is 5.78 Å². The number of fused-ring (bicyclic) bond motifs is 2. The van der Waals surface area contributed by atoms with E-state index in [1.165, 1.54) is 25.3 Å². The van der Waals surface area contributed by atoms with Crippen molar-refractivity contribution in [3.05, 3.63) is 64.1 Å². The Morgan fingerprint density at radius 3 is 2.26 bits per heavy atom. The number of aliphatic hydroxyl groups is 2. The molecule has 2 aliphatic carbocycles. The highest BCUT2D eigenvalue weighted by atomic mass is 16.3. The van der Waals surface area contributed by atoms with E-state index in [1.807, 2.05) is 0 Å². The third-order valence-corrected chi connectivity index (χ3v) is 5.00. The van der Waals surface area contributed by atoms with Crippen LogP contribution in [0.3, 0.4) is 0 Å². The molecule has 2 aliphatic rings. The number of hydrogen-bond donors (Lipinski definition) is 3. The molecular formula is C22H25NO4. The Labute approximate surface area is 159 Å². The van der Waals surface area contributed by atoms with Gasteiger partial charge in [0.1, 0.15) is 11.5 Å². The van der Waals surface area contributed by atoms with Crippen molar-refractivity contribution in [3.8, 4) is 0 Å². The fourth-order valence-electron chi connectivity index (χ4n) is 3.52. The zero-order valence-electron chi connectivity index (χ0n) is 15.5. The van der Waals surface area contributed by atoms with Gasteiger partial charge in [0.05, 0.1) is 16.8 Å². The maximum absolute atomic E-state index is 12.8. The van der Waals surface area contributed by atoms with Crippen LogP contribution in [0.15, 0.2) is 52.9 Å². The second kappa shape index (κ2) is 8.25. The first-order valence-corrected chi connectivity index (χ1v) is 9.57. The van der Waals surface area contributed by atoms with Crippen LogP contribution >= 0.6 is 0 Å². The summed E-state index contributed by atoms with van der Waals surface area (Å²) < 4.78 is 0. The van der Waals surface area contributed by atoms with Gasteiger partial charge >= 0.3 is 0 Å². The van der Waals surface area contributed by atoms with Crippen LogP contribution in [0.2, 0.25) is 0 Å². The molecule has 5 heteroatoms. The normalized spacial score (nSPS) is 16.3. The minimum atomic E-state index is -0.464. The van der Waals surface area contributed by atoms with Crippen molar-refractivity contribution >= 4 is 17.3 Å². The molecule has 142 valence electrons. The summed E-state index contributed by atoms with van der Waals surface area (Å²) in [4.78, 5) is 25.5. The molecule has 0 atom stereocenters. The van der Waals surface area contributed by atoms with Gasteiger partial charge in [0.15, 0.2) is 5.78 Å². The summed E-state index contributed by atoms with van der Waals surface area (Å²) in [6, 6.07) is 6.54. The molecule has 0 heterocycles. The van der Waals surface area contributed by atoms with Crippen LogP contribution in [0.1, 0.15) is 61.4 Å². The Bertz CT molecular complexity index is 861. The van der Waals surface area contributed by atoms with Gasteiger partial charge in [-0.05, 0) is 6.42 Å². The van der Waals surface area contributed by atoms with E-state index in [2.05, 4.69) is 12.2 Å². The second-order valence-corrected chi connectivity index (χ2v) is 6.94. The number of ketones is 2. The molecule has 3 rings (SSSR count). The quantitative estimate of drug-likeness (QED) is 0.594. The first-order chi connectivity index (χ1) is 13.1. The van der Waals surface area contributed by atoms with Crippen molar-refractivity contribution in [3.63, 3.8) is 0 Å². The Morgan fingerprint density at radius 1 is 0.852 bits per heavy atom. The highest BCUT2D eigenvalue weighted by molar-refractivity contribution is 6.30. The van der Waals surface area contributed by atoms with E-state index >= 15 is 0 Å². The molecule has 0 spiro atoms. The van der Waals surface area contributed by atoms with E-state index in [1.54, 1.807) is 24.3 Å². The second-order valence-electron chi connectivity index (χ2n) is 6.94. The van der Waals surface area contributed by atoms with Gasteiger partial charge in [0.25, 0.3) is 0 Å². The topological polar surface area (TPSA) is 86.6 Å². The van der Waals surface area contributed by atoms with Crippen molar-refractivity contribution in [1.29, 1.82) is 0 Å². The molecular weight excluding hydrogens is 342 g/mol. The summed E-state index contributed by atoms with van der Waals surface area (Å²) in [5.41, 5.74) is 0.563. The van der Waals surface area contributed by atoms with Crippen molar-refractivity contribution < 1.29 is 19.8 Å². The third kappa shape index (κ3) is 3.68. The van der Waals surface area contributed by atoms with Crippen molar-refractivity contribution in [2.45, 2.75) is 45.4 Å². The molecule has 0 amide bonds. The lowest BCUT2D eigenvalue weighted by atomic mass is 9.80. The number of benzene rings is 1. The number of carbonyl (C=O) groups excluding carboxylic acids is 2. The highest BCUT2D eigenvalue weighted by Crippen LogP contribution is 2.38. The molecule has 0 fully saturated rings. The standard InChI is InChI=1S/C22H25NO4/c1-2-3-4-5-6-9-12-23-16-13-17(24)18-19(22(16)27)21(26)15-11-8-7-10-14(15)20(18)25/h7-8,10-11,13,23-24,26H,2-6,9,12H2,1H3. The van der Waals surface area contributed by atoms with Gasteiger partial charge in [-0.1, -0.05) is 63.3 Å². The maximum Gasteiger partial charge on any atom is 0.213 e. The van der Waals surface area contributed by atoms with Gasteiger partial charge in [0, 0.05) is 23.7 Å². The summed E-state index contributed by atoms with van der Waals surface area (Å²) in [5, 5.41) is 24.0. The van der Waals surface area contributed by atoms with Crippen LogP contribution in [0.25, 0.3) is 5.76 Å². The number of rotatable bonds is 8. The number of hydrogen-bond acceptors (Lipinski definition) is 5. The lowest BCUT2D eigenvalue weighted by Crippen LogP contribution is -2.31. The molecule has 27 heavy (non-hydrogen) atoms. The number of carbonyl (C=O) groups is 2. The number of aliphatic hydroxyl groups excluding tert-OH is 2. The Balaban J connectivity index is 1.77. The molecule has 5 nitrogen and oxygen atoms in total. The first kappa shape index (κ1) is 19.0. The SMILES string of the molecule is CCCCCCCCNC1=CC(O)=C2C(=O)c3ccccc3C(O)=C2C1=O.